The second-order valence-corrected chi connectivity index (χ2v) is 7.73. The Morgan fingerprint density at radius 1 is 1.20 bits per heavy atom. The van der Waals surface area contributed by atoms with Crippen LogP contribution in [0.25, 0.3) is 0 Å². The van der Waals surface area contributed by atoms with Crippen molar-refractivity contribution in [1.29, 1.82) is 0 Å². The molecule has 0 radical (unpaired) electrons. The molecule has 2 N–H and O–H groups in total. The summed E-state index contributed by atoms with van der Waals surface area (Å²) in [6, 6.07) is 7.36. The number of carbonyl (C=O) groups excluding carboxylic acids is 2. The van der Waals surface area contributed by atoms with Crippen LogP contribution in [0.2, 0.25) is 0 Å². The zero-order valence-corrected chi connectivity index (χ0v) is 14.9. The van der Waals surface area contributed by atoms with E-state index in [1.807, 2.05) is 17.0 Å². The van der Waals surface area contributed by atoms with E-state index in [-0.39, 0.29) is 17.6 Å². The van der Waals surface area contributed by atoms with Gasteiger partial charge in [-0.25, -0.2) is 4.79 Å². The van der Waals surface area contributed by atoms with Crippen molar-refractivity contribution in [3.63, 3.8) is 0 Å². The number of fused-ring (bicyclic) bond motifs is 1. The average Bonchev–Trinajstić information content (AvgIpc) is 3.36. The van der Waals surface area contributed by atoms with E-state index < -0.39 is 11.9 Å². The Kier molecular flexibility index (Phi) is 3.76. The Morgan fingerprint density at radius 3 is 2.44 bits per heavy atom. The lowest BCUT2D eigenvalue weighted by Crippen LogP contribution is -2.48. The number of urea groups is 1. The molecule has 1 aliphatic carbocycles. The van der Waals surface area contributed by atoms with Crippen molar-refractivity contribution in [2.75, 3.05) is 25.5 Å². The first kappa shape index (κ1) is 16.4. The Balaban J connectivity index is 1.66. The fourth-order valence-electron chi connectivity index (χ4n) is 4.59. The van der Waals surface area contributed by atoms with Crippen molar-refractivity contribution < 1.29 is 9.59 Å². The highest BCUT2D eigenvalue weighted by Crippen LogP contribution is 2.50. The zero-order valence-electron chi connectivity index (χ0n) is 14.9. The van der Waals surface area contributed by atoms with Crippen LogP contribution < -0.4 is 10.6 Å². The molecule has 2 saturated heterocycles. The summed E-state index contributed by atoms with van der Waals surface area (Å²) < 4.78 is 0. The topological polar surface area (TPSA) is 69.9 Å². The molecule has 3 fully saturated rings. The summed E-state index contributed by atoms with van der Waals surface area (Å²) in [5, 5.41) is 0. The normalized spacial score (nSPS) is 27.6. The molecule has 134 valence electrons. The number of amides is 3. The number of piperidine rings is 1. The zero-order chi connectivity index (χ0) is 17.8. The highest BCUT2D eigenvalue weighted by molar-refractivity contribution is 6.03. The van der Waals surface area contributed by atoms with Gasteiger partial charge in [-0.1, -0.05) is 12.1 Å². The van der Waals surface area contributed by atoms with Gasteiger partial charge < -0.3 is 10.6 Å². The molecule has 1 aromatic rings. The first-order valence-electron chi connectivity index (χ1n) is 9.13. The van der Waals surface area contributed by atoms with E-state index in [4.69, 9.17) is 5.73 Å². The molecule has 0 spiro atoms. The Bertz CT molecular complexity index is 696. The van der Waals surface area contributed by atoms with E-state index in [1.165, 1.54) is 5.56 Å². The number of hydrogen-bond donors (Lipinski definition) is 1. The number of nitrogens with two attached hydrogens (primary N) is 1. The molecule has 3 aliphatic rings. The number of primary amides is 1. The second kappa shape index (κ2) is 5.73. The van der Waals surface area contributed by atoms with Crippen LogP contribution in [0, 0.1) is 0 Å². The van der Waals surface area contributed by atoms with Gasteiger partial charge in [-0.2, -0.15) is 0 Å². The summed E-state index contributed by atoms with van der Waals surface area (Å²) in [7, 11) is 4.21. The van der Waals surface area contributed by atoms with E-state index in [9.17, 15) is 9.59 Å². The van der Waals surface area contributed by atoms with Crippen molar-refractivity contribution in [3.05, 3.63) is 29.8 Å². The van der Waals surface area contributed by atoms with Crippen LogP contribution in [-0.4, -0.2) is 54.5 Å². The fraction of sp³-hybridized carbons (Fsp3) is 0.579. The van der Waals surface area contributed by atoms with E-state index >= 15 is 0 Å². The van der Waals surface area contributed by atoms with E-state index in [0.29, 0.717) is 6.54 Å². The third-order valence-electron chi connectivity index (χ3n) is 6.20. The lowest BCUT2D eigenvalue weighted by atomic mass is 9.97. The number of anilines is 1. The van der Waals surface area contributed by atoms with Gasteiger partial charge in [0.1, 0.15) is 6.04 Å². The van der Waals surface area contributed by atoms with Gasteiger partial charge >= 0.3 is 6.03 Å². The Hall–Kier alpha value is -2.08. The lowest BCUT2D eigenvalue weighted by Gasteiger charge is -2.29. The van der Waals surface area contributed by atoms with Crippen LogP contribution in [-0.2, 0) is 10.3 Å². The summed E-state index contributed by atoms with van der Waals surface area (Å²) in [6.07, 6.45) is 5.18. The fourth-order valence-corrected chi connectivity index (χ4v) is 4.59. The molecule has 1 unspecified atom stereocenters. The number of hydrogen-bond acceptors (Lipinski definition) is 3. The van der Waals surface area contributed by atoms with Gasteiger partial charge in [-0.3, -0.25) is 14.6 Å². The SMILES string of the molecule is CN(C)C1(c2ccc(N3C(=O)N4CCCC[C@@H]4C3C(N)=O)cc2)CC1. The summed E-state index contributed by atoms with van der Waals surface area (Å²) >= 11 is 0. The van der Waals surface area contributed by atoms with Crippen LogP contribution in [0.5, 0.6) is 0 Å². The summed E-state index contributed by atoms with van der Waals surface area (Å²) in [5.74, 6) is -0.418. The number of rotatable bonds is 4. The maximum Gasteiger partial charge on any atom is 0.325 e. The van der Waals surface area contributed by atoms with Crippen LogP contribution >= 0.6 is 0 Å². The van der Waals surface area contributed by atoms with Gasteiger partial charge in [0.05, 0.1) is 6.04 Å². The highest BCUT2D eigenvalue weighted by atomic mass is 16.2. The predicted octanol–water partition coefficient (Wildman–Crippen LogP) is 1.89. The smallest absolute Gasteiger partial charge is 0.325 e. The van der Waals surface area contributed by atoms with Crippen molar-refractivity contribution in [3.8, 4) is 0 Å². The van der Waals surface area contributed by atoms with Crippen LogP contribution in [0.15, 0.2) is 24.3 Å². The molecule has 6 heteroatoms. The Morgan fingerprint density at radius 2 is 1.88 bits per heavy atom. The molecule has 2 atom stereocenters. The van der Waals surface area contributed by atoms with Gasteiger partial charge in [-0.05, 0) is 63.9 Å². The number of nitrogens with zero attached hydrogens (tertiary/aromatic N) is 3. The van der Waals surface area contributed by atoms with E-state index in [1.54, 1.807) is 4.90 Å². The number of benzene rings is 1. The minimum absolute atomic E-state index is 0.0880. The molecule has 4 rings (SSSR count). The second-order valence-electron chi connectivity index (χ2n) is 7.73. The number of carbonyl (C=O) groups is 2. The minimum Gasteiger partial charge on any atom is -0.368 e. The van der Waals surface area contributed by atoms with E-state index in [2.05, 4.69) is 31.1 Å². The average molecular weight is 342 g/mol. The quantitative estimate of drug-likeness (QED) is 0.908. The van der Waals surface area contributed by atoms with Crippen LogP contribution in [0.4, 0.5) is 10.5 Å². The maximum absolute atomic E-state index is 12.9. The summed E-state index contributed by atoms with van der Waals surface area (Å²) in [4.78, 5) is 30.7. The minimum atomic E-state index is -0.567. The van der Waals surface area contributed by atoms with Gasteiger partial charge in [0, 0.05) is 17.8 Å². The summed E-state index contributed by atoms with van der Waals surface area (Å²) in [5.41, 5.74) is 7.84. The van der Waals surface area contributed by atoms with E-state index in [0.717, 1.165) is 37.8 Å². The van der Waals surface area contributed by atoms with Gasteiger partial charge in [-0.15, -0.1) is 0 Å². The third kappa shape index (κ3) is 2.42. The molecule has 6 nitrogen and oxygen atoms in total. The molecule has 0 bridgehead atoms. The molecular formula is C19H26N4O2. The molecular weight excluding hydrogens is 316 g/mol. The molecule has 2 aliphatic heterocycles. The highest BCUT2D eigenvalue weighted by Gasteiger charge is 2.50. The molecule has 1 aromatic carbocycles. The monoisotopic (exact) mass is 342 g/mol. The molecule has 3 amide bonds. The maximum atomic E-state index is 12.9. The van der Waals surface area contributed by atoms with Crippen molar-refractivity contribution >= 4 is 17.6 Å². The molecule has 0 aromatic heterocycles. The van der Waals surface area contributed by atoms with Crippen LogP contribution in [0.1, 0.15) is 37.7 Å². The lowest BCUT2D eigenvalue weighted by molar-refractivity contribution is -0.119. The van der Waals surface area contributed by atoms with Crippen LogP contribution in [0.3, 0.4) is 0 Å². The van der Waals surface area contributed by atoms with Gasteiger partial charge in [0.2, 0.25) is 5.91 Å². The standard InChI is InChI=1S/C19H26N4O2/c1-21(2)19(10-11-19)13-6-8-14(9-7-13)23-16(17(20)24)15-5-3-4-12-22(15)18(23)25/h6-9,15-16H,3-5,10-12H2,1-2H3,(H2,20,24)/t15-,16?/m1/s1. The largest absolute Gasteiger partial charge is 0.368 e. The predicted molar refractivity (Wildman–Crippen MR) is 96.2 cm³/mol. The summed E-state index contributed by atoms with van der Waals surface area (Å²) in [6.45, 7) is 0.714. The first-order valence-corrected chi connectivity index (χ1v) is 9.13. The van der Waals surface area contributed by atoms with Gasteiger partial charge in [0.25, 0.3) is 0 Å². The van der Waals surface area contributed by atoms with Crippen molar-refractivity contribution in [1.82, 2.24) is 9.80 Å². The Labute approximate surface area is 148 Å². The molecule has 2 heterocycles. The van der Waals surface area contributed by atoms with Gasteiger partial charge in [0.15, 0.2) is 0 Å². The van der Waals surface area contributed by atoms with Crippen molar-refractivity contribution in [2.45, 2.75) is 49.7 Å². The molecule has 25 heavy (non-hydrogen) atoms. The first-order chi connectivity index (χ1) is 12.0. The molecule has 1 saturated carbocycles. The third-order valence-corrected chi connectivity index (χ3v) is 6.20. The van der Waals surface area contributed by atoms with Crippen molar-refractivity contribution in [2.24, 2.45) is 5.73 Å².